The Kier molecular flexibility index (Phi) is 3.38. The van der Waals surface area contributed by atoms with E-state index in [2.05, 4.69) is 28.2 Å². The normalized spacial score (nSPS) is 19.6. The summed E-state index contributed by atoms with van der Waals surface area (Å²) in [6.45, 7) is 3.00. The molecule has 1 fully saturated rings. The third kappa shape index (κ3) is 2.79. The number of hydrogen-bond acceptors (Lipinski definition) is 3. The number of nitrogens with one attached hydrogen (secondary N) is 1. The van der Waals surface area contributed by atoms with Crippen LogP contribution in [-0.4, -0.2) is 35.2 Å². The molecule has 1 saturated heterocycles. The molecular weight excluding hydrogens is 188 g/mol. The molecule has 1 aromatic rings. The van der Waals surface area contributed by atoms with Gasteiger partial charge in [-0.2, -0.15) is 5.10 Å². The zero-order chi connectivity index (χ0) is 10.7. The van der Waals surface area contributed by atoms with Gasteiger partial charge in [0.2, 0.25) is 0 Å². The second-order valence-electron chi connectivity index (χ2n) is 4.54. The van der Waals surface area contributed by atoms with Crippen molar-refractivity contribution in [2.75, 3.05) is 20.1 Å². The summed E-state index contributed by atoms with van der Waals surface area (Å²) in [6, 6.07) is 2.10. The van der Waals surface area contributed by atoms with E-state index in [1.165, 1.54) is 31.6 Å². The Morgan fingerprint density at radius 3 is 2.87 bits per heavy atom. The van der Waals surface area contributed by atoms with Crippen LogP contribution in [0.1, 0.15) is 24.2 Å². The largest absolute Gasteiger partial charge is 0.325 e. The van der Waals surface area contributed by atoms with Gasteiger partial charge < -0.3 is 10.6 Å². The minimum absolute atomic E-state index is 0.556. The summed E-state index contributed by atoms with van der Waals surface area (Å²) >= 11 is 0. The SMILES string of the molecule is CN1CCC(Cc2cc(CN)[nH]n2)CC1. The first-order valence-electron chi connectivity index (χ1n) is 5.69. The number of rotatable bonds is 3. The Morgan fingerprint density at radius 1 is 1.53 bits per heavy atom. The van der Waals surface area contributed by atoms with Gasteiger partial charge in [0, 0.05) is 12.2 Å². The summed E-state index contributed by atoms with van der Waals surface area (Å²) in [7, 11) is 2.19. The van der Waals surface area contributed by atoms with Crippen LogP contribution in [0.25, 0.3) is 0 Å². The fraction of sp³-hybridized carbons (Fsp3) is 0.727. The van der Waals surface area contributed by atoms with E-state index in [9.17, 15) is 0 Å². The van der Waals surface area contributed by atoms with E-state index < -0.39 is 0 Å². The van der Waals surface area contributed by atoms with Crippen LogP contribution in [0.5, 0.6) is 0 Å². The highest BCUT2D eigenvalue weighted by molar-refractivity contribution is 5.09. The van der Waals surface area contributed by atoms with Crippen molar-refractivity contribution in [3.05, 3.63) is 17.5 Å². The molecule has 0 radical (unpaired) electrons. The number of piperidine rings is 1. The Morgan fingerprint density at radius 2 is 2.27 bits per heavy atom. The molecule has 1 aliphatic rings. The lowest BCUT2D eigenvalue weighted by Crippen LogP contribution is -2.30. The summed E-state index contributed by atoms with van der Waals surface area (Å²) in [5, 5.41) is 7.25. The second-order valence-corrected chi connectivity index (χ2v) is 4.54. The maximum Gasteiger partial charge on any atom is 0.0628 e. The molecule has 0 spiro atoms. The fourth-order valence-electron chi connectivity index (χ4n) is 2.18. The lowest BCUT2D eigenvalue weighted by molar-refractivity contribution is 0.218. The van der Waals surface area contributed by atoms with Crippen LogP contribution in [0.2, 0.25) is 0 Å². The number of H-pyrrole nitrogens is 1. The maximum absolute atomic E-state index is 5.54. The van der Waals surface area contributed by atoms with E-state index in [0.717, 1.165) is 18.0 Å². The summed E-state index contributed by atoms with van der Waals surface area (Å²) in [6.07, 6.45) is 3.69. The quantitative estimate of drug-likeness (QED) is 0.770. The third-order valence-electron chi connectivity index (χ3n) is 3.24. The molecule has 1 aromatic heterocycles. The topological polar surface area (TPSA) is 57.9 Å². The first-order chi connectivity index (χ1) is 7.28. The fourth-order valence-corrected chi connectivity index (χ4v) is 2.18. The lowest BCUT2D eigenvalue weighted by atomic mass is 9.92. The van der Waals surface area contributed by atoms with Crippen molar-refractivity contribution in [3.8, 4) is 0 Å². The van der Waals surface area contributed by atoms with E-state index in [1.54, 1.807) is 0 Å². The van der Waals surface area contributed by atoms with Gasteiger partial charge in [0.25, 0.3) is 0 Å². The Bertz CT molecular complexity index is 299. The van der Waals surface area contributed by atoms with E-state index in [1.807, 2.05) is 0 Å². The maximum atomic E-state index is 5.54. The van der Waals surface area contributed by atoms with Crippen LogP contribution in [-0.2, 0) is 13.0 Å². The van der Waals surface area contributed by atoms with Crippen LogP contribution in [0.4, 0.5) is 0 Å². The number of aromatic amines is 1. The number of nitrogens with two attached hydrogens (primary N) is 1. The molecule has 0 amide bonds. The Labute approximate surface area is 90.8 Å². The summed E-state index contributed by atoms with van der Waals surface area (Å²) in [4.78, 5) is 2.40. The molecule has 0 bridgehead atoms. The van der Waals surface area contributed by atoms with Crippen LogP contribution in [0, 0.1) is 5.92 Å². The molecular formula is C11H20N4. The van der Waals surface area contributed by atoms with E-state index in [-0.39, 0.29) is 0 Å². The van der Waals surface area contributed by atoms with Gasteiger partial charge >= 0.3 is 0 Å². The van der Waals surface area contributed by atoms with Crippen molar-refractivity contribution < 1.29 is 0 Å². The van der Waals surface area contributed by atoms with Crippen molar-refractivity contribution in [2.45, 2.75) is 25.8 Å². The van der Waals surface area contributed by atoms with Crippen molar-refractivity contribution in [2.24, 2.45) is 11.7 Å². The molecule has 3 N–H and O–H groups in total. The van der Waals surface area contributed by atoms with Crippen LogP contribution >= 0.6 is 0 Å². The van der Waals surface area contributed by atoms with Crippen molar-refractivity contribution in [1.29, 1.82) is 0 Å². The molecule has 0 aliphatic carbocycles. The summed E-state index contributed by atoms with van der Waals surface area (Å²) < 4.78 is 0. The van der Waals surface area contributed by atoms with Gasteiger partial charge in [-0.3, -0.25) is 5.10 Å². The molecule has 84 valence electrons. The average Bonchev–Trinajstić information content (AvgIpc) is 2.69. The zero-order valence-corrected chi connectivity index (χ0v) is 9.37. The monoisotopic (exact) mass is 208 g/mol. The van der Waals surface area contributed by atoms with Gasteiger partial charge in [-0.15, -0.1) is 0 Å². The first-order valence-corrected chi connectivity index (χ1v) is 5.69. The van der Waals surface area contributed by atoms with E-state index in [4.69, 9.17) is 5.73 Å². The molecule has 2 heterocycles. The first kappa shape index (κ1) is 10.6. The molecule has 2 rings (SSSR count). The zero-order valence-electron chi connectivity index (χ0n) is 9.37. The second kappa shape index (κ2) is 4.77. The standard InChI is InChI=1S/C11H20N4/c1-15-4-2-9(3-5-15)6-10-7-11(8-12)14-13-10/h7,9H,2-6,8,12H2,1H3,(H,13,14). The highest BCUT2D eigenvalue weighted by atomic mass is 15.1. The van der Waals surface area contributed by atoms with E-state index in [0.29, 0.717) is 6.54 Å². The molecule has 1 aliphatic heterocycles. The van der Waals surface area contributed by atoms with Gasteiger partial charge in [-0.1, -0.05) is 0 Å². The predicted molar refractivity (Wildman–Crippen MR) is 60.4 cm³/mol. The number of aromatic nitrogens is 2. The summed E-state index contributed by atoms with van der Waals surface area (Å²) in [5.41, 5.74) is 7.75. The highest BCUT2D eigenvalue weighted by Crippen LogP contribution is 2.20. The minimum atomic E-state index is 0.556. The van der Waals surface area contributed by atoms with Crippen molar-refractivity contribution in [3.63, 3.8) is 0 Å². The molecule has 15 heavy (non-hydrogen) atoms. The predicted octanol–water partition coefficient (Wildman–Crippen LogP) is 0.753. The van der Waals surface area contributed by atoms with Gasteiger partial charge in [0.15, 0.2) is 0 Å². The van der Waals surface area contributed by atoms with E-state index >= 15 is 0 Å². The number of likely N-dealkylation sites (tertiary alicyclic amines) is 1. The van der Waals surface area contributed by atoms with Gasteiger partial charge in [0.1, 0.15) is 0 Å². The summed E-state index contributed by atoms with van der Waals surface area (Å²) in [5.74, 6) is 0.801. The van der Waals surface area contributed by atoms with Gasteiger partial charge in [-0.25, -0.2) is 0 Å². The van der Waals surface area contributed by atoms with Crippen molar-refractivity contribution >= 4 is 0 Å². The average molecular weight is 208 g/mol. The lowest BCUT2D eigenvalue weighted by Gasteiger charge is -2.28. The number of hydrogen-bond donors (Lipinski definition) is 2. The Balaban J connectivity index is 1.86. The van der Waals surface area contributed by atoms with Crippen LogP contribution in [0.15, 0.2) is 6.07 Å². The van der Waals surface area contributed by atoms with Crippen LogP contribution < -0.4 is 5.73 Å². The molecule has 0 saturated carbocycles. The molecule has 0 aromatic carbocycles. The van der Waals surface area contributed by atoms with Crippen LogP contribution in [0.3, 0.4) is 0 Å². The molecule has 0 atom stereocenters. The smallest absolute Gasteiger partial charge is 0.0628 e. The molecule has 4 nitrogen and oxygen atoms in total. The van der Waals surface area contributed by atoms with Crippen molar-refractivity contribution in [1.82, 2.24) is 15.1 Å². The van der Waals surface area contributed by atoms with Gasteiger partial charge in [0.05, 0.1) is 5.69 Å². The molecule has 4 heteroatoms. The van der Waals surface area contributed by atoms with Gasteiger partial charge in [-0.05, 0) is 51.4 Å². The Hall–Kier alpha value is -0.870. The molecule has 0 unspecified atom stereocenters. The minimum Gasteiger partial charge on any atom is -0.325 e. The number of nitrogens with zero attached hydrogens (tertiary/aromatic N) is 2. The highest BCUT2D eigenvalue weighted by Gasteiger charge is 2.17. The third-order valence-corrected chi connectivity index (χ3v) is 3.24.